The number of carbonyl (C=O) groups is 1. The van der Waals surface area contributed by atoms with Gasteiger partial charge in [-0.3, -0.25) is 9.79 Å². The Morgan fingerprint density at radius 2 is 1.87 bits per heavy atom. The number of ether oxygens (including phenoxy) is 2. The Hall–Kier alpha value is -2.34. The zero-order valence-corrected chi connectivity index (χ0v) is 14.2. The summed E-state index contributed by atoms with van der Waals surface area (Å²) in [6.45, 7) is 4.86. The van der Waals surface area contributed by atoms with Gasteiger partial charge < -0.3 is 20.1 Å². The Bertz CT molecular complexity index is 557. The van der Waals surface area contributed by atoms with Crippen LogP contribution in [0, 0.1) is 0 Å². The topological polar surface area (TPSA) is 71.9 Å². The lowest BCUT2D eigenvalue weighted by Crippen LogP contribution is -2.20. The molecule has 0 aliphatic carbocycles. The van der Waals surface area contributed by atoms with Crippen molar-refractivity contribution in [1.82, 2.24) is 10.6 Å². The van der Waals surface area contributed by atoms with E-state index in [1.54, 1.807) is 21.3 Å². The molecule has 2 N–H and O–H groups in total. The Morgan fingerprint density at radius 3 is 2.35 bits per heavy atom. The van der Waals surface area contributed by atoms with E-state index in [1.807, 2.05) is 19.2 Å². The van der Waals surface area contributed by atoms with Crippen LogP contribution in [0.15, 0.2) is 29.3 Å². The minimum Gasteiger partial charge on any atom is -0.496 e. The highest BCUT2D eigenvalue weighted by atomic mass is 16.5. The van der Waals surface area contributed by atoms with Gasteiger partial charge >= 0.3 is 0 Å². The number of nitrogens with zero attached hydrogens (tertiary/aromatic N) is 1. The van der Waals surface area contributed by atoms with E-state index >= 15 is 0 Å². The Morgan fingerprint density at radius 1 is 1.26 bits per heavy atom. The van der Waals surface area contributed by atoms with Crippen LogP contribution in [0.4, 0.5) is 0 Å². The summed E-state index contributed by atoms with van der Waals surface area (Å²) in [7, 11) is 6.72. The molecule has 1 amide bonds. The molecule has 0 aromatic heterocycles. The van der Waals surface area contributed by atoms with Gasteiger partial charge in [0.1, 0.15) is 11.5 Å². The molecule has 1 aromatic carbocycles. The number of likely N-dealkylation sites (N-methyl/N-ethyl adjacent to an activating group) is 1. The molecule has 0 unspecified atom stereocenters. The maximum atomic E-state index is 11.3. The normalized spacial score (nSPS) is 10.6. The molecule has 6 nitrogen and oxygen atoms in total. The SMILES string of the molecule is C=C(C=NCCc1cc(OC)c(CNC)c(OC)c1)C(=O)NC. The van der Waals surface area contributed by atoms with Gasteiger partial charge in [0.15, 0.2) is 0 Å². The van der Waals surface area contributed by atoms with Crippen LogP contribution in [-0.2, 0) is 17.8 Å². The number of carbonyl (C=O) groups excluding carboxylic acids is 1. The maximum absolute atomic E-state index is 11.3. The van der Waals surface area contributed by atoms with Gasteiger partial charge in [-0.1, -0.05) is 6.58 Å². The Kier molecular flexibility index (Phi) is 7.83. The van der Waals surface area contributed by atoms with Crippen LogP contribution < -0.4 is 20.1 Å². The molecule has 0 radical (unpaired) electrons. The first-order valence-corrected chi connectivity index (χ1v) is 7.36. The van der Waals surface area contributed by atoms with Crippen molar-refractivity contribution in [2.75, 3.05) is 34.9 Å². The average molecular weight is 319 g/mol. The van der Waals surface area contributed by atoms with Crippen LogP contribution in [0.2, 0.25) is 0 Å². The van der Waals surface area contributed by atoms with Gasteiger partial charge in [0, 0.05) is 37.5 Å². The second-order valence-corrected chi connectivity index (χ2v) is 4.90. The monoisotopic (exact) mass is 319 g/mol. The number of nitrogens with one attached hydrogen (secondary N) is 2. The zero-order valence-electron chi connectivity index (χ0n) is 14.2. The third-order valence-corrected chi connectivity index (χ3v) is 3.32. The van der Waals surface area contributed by atoms with Crippen molar-refractivity contribution in [2.24, 2.45) is 4.99 Å². The summed E-state index contributed by atoms with van der Waals surface area (Å²) >= 11 is 0. The second kappa shape index (κ2) is 9.63. The van der Waals surface area contributed by atoms with E-state index in [-0.39, 0.29) is 5.91 Å². The number of amides is 1. The Labute approximate surface area is 137 Å². The van der Waals surface area contributed by atoms with E-state index < -0.39 is 0 Å². The highest BCUT2D eigenvalue weighted by Crippen LogP contribution is 2.30. The zero-order chi connectivity index (χ0) is 17.2. The predicted octanol–water partition coefficient (Wildman–Crippen LogP) is 1.34. The van der Waals surface area contributed by atoms with Gasteiger partial charge in [-0.15, -0.1) is 0 Å². The van der Waals surface area contributed by atoms with E-state index in [0.717, 1.165) is 22.6 Å². The molecule has 126 valence electrons. The first-order valence-electron chi connectivity index (χ1n) is 7.36. The molecule has 6 heteroatoms. The second-order valence-electron chi connectivity index (χ2n) is 4.90. The molecular formula is C17H25N3O3. The summed E-state index contributed by atoms with van der Waals surface area (Å²) in [6.07, 6.45) is 2.20. The van der Waals surface area contributed by atoms with E-state index in [2.05, 4.69) is 22.2 Å². The molecule has 1 rings (SSSR count). The van der Waals surface area contributed by atoms with Crippen molar-refractivity contribution in [1.29, 1.82) is 0 Å². The number of hydrogen-bond acceptors (Lipinski definition) is 5. The van der Waals surface area contributed by atoms with Crippen molar-refractivity contribution in [3.8, 4) is 11.5 Å². The van der Waals surface area contributed by atoms with Crippen molar-refractivity contribution < 1.29 is 14.3 Å². The summed E-state index contributed by atoms with van der Waals surface area (Å²) in [5.74, 6) is 1.34. The Balaban J connectivity index is 2.79. The number of benzene rings is 1. The van der Waals surface area contributed by atoms with Gasteiger partial charge in [0.05, 0.1) is 14.2 Å². The number of hydrogen-bond donors (Lipinski definition) is 2. The van der Waals surface area contributed by atoms with Crippen LogP contribution >= 0.6 is 0 Å². The van der Waals surface area contributed by atoms with Crippen LogP contribution in [0.5, 0.6) is 11.5 Å². The number of aliphatic imine (C=N–C) groups is 1. The molecule has 0 aliphatic heterocycles. The fourth-order valence-electron chi connectivity index (χ4n) is 2.12. The molecule has 23 heavy (non-hydrogen) atoms. The predicted molar refractivity (Wildman–Crippen MR) is 92.6 cm³/mol. The lowest BCUT2D eigenvalue weighted by molar-refractivity contribution is -0.116. The highest BCUT2D eigenvalue weighted by Gasteiger charge is 2.11. The first-order chi connectivity index (χ1) is 11.1. The van der Waals surface area contributed by atoms with Gasteiger partial charge in [-0.2, -0.15) is 0 Å². The van der Waals surface area contributed by atoms with Crippen molar-refractivity contribution in [3.05, 3.63) is 35.4 Å². The molecule has 1 aromatic rings. The third kappa shape index (κ3) is 5.41. The minimum absolute atomic E-state index is 0.228. The molecule has 0 spiro atoms. The minimum atomic E-state index is -0.228. The molecular weight excluding hydrogens is 294 g/mol. The molecule has 0 atom stereocenters. The highest BCUT2D eigenvalue weighted by molar-refractivity contribution is 6.11. The molecule has 0 bridgehead atoms. The van der Waals surface area contributed by atoms with Crippen LogP contribution in [0.25, 0.3) is 0 Å². The molecule has 0 aliphatic rings. The van der Waals surface area contributed by atoms with Crippen LogP contribution in [-0.4, -0.2) is 47.0 Å². The smallest absolute Gasteiger partial charge is 0.251 e. The van der Waals surface area contributed by atoms with Crippen molar-refractivity contribution >= 4 is 12.1 Å². The summed E-state index contributed by atoms with van der Waals surface area (Å²) in [6, 6.07) is 3.97. The molecule has 0 fully saturated rings. The summed E-state index contributed by atoms with van der Waals surface area (Å²) < 4.78 is 10.9. The lowest BCUT2D eigenvalue weighted by atomic mass is 10.1. The van der Waals surface area contributed by atoms with E-state index in [1.165, 1.54) is 6.21 Å². The molecule has 0 saturated carbocycles. The maximum Gasteiger partial charge on any atom is 0.251 e. The van der Waals surface area contributed by atoms with Gasteiger partial charge in [0.25, 0.3) is 5.91 Å². The first kappa shape index (κ1) is 18.7. The average Bonchev–Trinajstić information content (AvgIpc) is 2.58. The van der Waals surface area contributed by atoms with Gasteiger partial charge in [-0.05, 0) is 31.2 Å². The lowest BCUT2D eigenvalue weighted by Gasteiger charge is -2.15. The molecule has 0 saturated heterocycles. The van der Waals surface area contributed by atoms with Gasteiger partial charge in [0.2, 0.25) is 0 Å². The van der Waals surface area contributed by atoms with Crippen molar-refractivity contribution in [2.45, 2.75) is 13.0 Å². The summed E-state index contributed by atoms with van der Waals surface area (Å²) in [4.78, 5) is 15.5. The molecule has 0 heterocycles. The quantitative estimate of drug-likeness (QED) is 0.532. The number of rotatable bonds is 9. The summed E-state index contributed by atoms with van der Waals surface area (Å²) in [5, 5.41) is 5.61. The van der Waals surface area contributed by atoms with Crippen LogP contribution in [0.1, 0.15) is 11.1 Å². The van der Waals surface area contributed by atoms with Crippen LogP contribution in [0.3, 0.4) is 0 Å². The van der Waals surface area contributed by atoms with Gasteiger partial charge in [-0.25, -0.2) is 0 Å². The van der Waals surface area contributed by atoms with E-state index in [0.29, 0.717) is 25.1 Å². The third-order valence-electron chi connectivity index (χ3n) is 3.32. The van der Waals surface area contributed by atoms with E-state index in [4.69, 9.17) is 9.47 Å². The standard InChI is InChI=1S/C17H25N3O3/c1-12(17(21)19-3)10-20-7-6-13-8-15(22-4)14(11-18-2)16(9-13)23-5/h8-10,18H,1,6-7,11H2,2-5H3,(H,19,21). The fraction of sp³-hybridized carbons (Fsp3) is 0.412. The fourth-order valence-corrected chi connectivity index (χ4v) is 2.12. The van der Waals surface area contributed by atoms with Crippen molar-refractivity contribution in [3.63, 3.8) is 0 Å². The number of methoxy groups -OCH3 is 2. The summed E-state index contributed by atoms with van der Waals surface area (Å²) in [5.41, 5.74) is 2.38. The van der Waals surface area contributed by atoms with E-state index in [9.17, 15) is 4.79 Å². The largest absolute Gasteiger partial charge is 0.496 e.